The Morgan fingerprint density at radius 2 is 1.79 bits per heavy atom. The number of hydrogen-bond donors (Lipinski definition) is 3. The zero-order valence-corrected chi connectivity index (χ0v) is 15.6. The monoisotopic (exact) mass is 371 g/mol. The first-order valence-electron chi connectivity index (χ1n) is 9.16. The van der Waals surface area contributed by atoms with Crippen molar-refractivity contribution in [2.45, 2.75) is 13.3 Å². The van der Waals surface area contributed by atoms with Gasteiger partial charge in [-0.15, -0.1) is 0 Å². The predicted octanol–water partition coefficient (Wildman–Crippen LogP) is 4.44. The Balaban J connectivity index is 1.48. The fourth-order valence-electron chi connectivity index (χ4n) is 3.04. The second-order valence-electron chi connectivity index (χ2n) is 6.57. The average molecular weight is 371 g/mol. The van der Waals surface area contributed by atoms with Gasteiger partial charge in [0.1, 0.15) is 17.4 Å². The maximum Gasteiger partial charge on any atom is 0.230 e. The number of nitrogens with zero attached hydrogens (tertiary/aromatic N) is 3. The van der Waals surface area contributed by atoms with E-state index >= 15 is 0 Å². The zero-order chi connectivity index (χ0) is 19.3. The molecule has 4 rings (SSSR count). The van der Waals surface area contributed by atoms with Gasteiger partial charge in [0, 0.05) is 29.9 Å². The summed E-state index contributed by atoms with van der Waals surface area (Å²) in [5, 5.41) is 18.1. The molecule has 0 atom stereocenters. The minimum Gasteiger partial charge on any atom is -0.508 e. The molecule has 4 aromatic rings. The number of benzene rings is 2. The number of aromatic hydroxyl groups is 1. The summed E-state index contributed by atoms with van der Waals surface area (Å²) in [6.45, 7) is 2.67. The van der Waals surface area contributed by atoms with Crippen LogP contribution < -0.4 is 10.6 Å². The third-order valence-corrected chi connectivity index (χ3v) is 4.41. The number of phenolic OH excluding ortho intramolecular Hbond substituents is 1. The minimum atomic E-state index is 0.279. The Morgan fingerprint density at radius 1 is 0.964 bits per heavy atom. The molecule has 0 radical (unpaired) electrons. The van der Waals surface area contributed by atoms with Crippen LogP contribution in [0, 0.1) is 6.92 Å². The molecule has 0 amide bonds. The van der Waals surface area contributed by atoms with Gasteiger partial charge in [-0.05, 0) is 42.5 Å². The van der Waals surface area contributed by atoms with E-state index in [1.807, 2.05) is 49.4 Å². The van der Waals surface area contributed by atoms with E-state index in [9.17, 15) is 5.11 Å². The molecule has 0 fully saturated rings. The molecule has 0 bridgehead atoms. The molecule has 140 valence electrons. The molecule has 0 unspecified atom stereocenters. The van der Waals surface area contributed by atoms with E-state index in [2.05, 4.69) is 31.7 Å². The van der Waals surface area contributed by atoms with E-state index in [0.29, 0.717) is 5.95 Å². The van der Waals surface area contributed by atoms with Gasteiger partial charge in [0.15, 0.2) is 0 Å². The van der Waals surface area contributed by atoms with Crippen LogP contribution in [-0.4, -0.2) is 26.6 Å². The van der Waals surface area contributed by atoms with Crippen molar-refractivity contribution in [3.63, 3.8) is 0 Å². The van der Waals surface area contributed by atoms with Crippen LogP contribution in [0.5, 0.6) is 5.75 Å². The highest BCUT2D eigenvalue weighted by Gasteiger charge is 2.07. The molecular weight excluding hydrogens is 350 g/mol. The first kappa shape index (κ1) is 17.7. The number of phenols is 1. The van der Waals surface area contributed by atoms with E-state index in [1.165, 1.54) is 0 Å². The molecule has 3 N–H and O–H groups in total. The van der Waals surface area contributed by atoms with Crippen molar-refractivity contribution < 1.29 is 5.11 Å². The van der Waals surface area contributed by atoms with E-state index in [1.54, 1.807) is 18.3 Å². The average Bonchev–Trinajstić information content (AvgIpc) is 2.69. The van der Waals surface area contributed by atoms with Crippen molar-refractivity contribution in [1.29, 1.82) is 0 Å². The highest BCUT2D eigenvalue weighted by atomic mass is 16.3. The summed E-state index contributed by atoms with van der Waals surface area (Å²) in [6.07, 6.45) is 2.61. The number of anilines is 3. The van der Waals surface area contributed by atoms with Gasteiger partial charge in [-0.2, -0.15) is 4.98 Å². The highest BCUT2D eigenvalue weighted by Crippen LogP contribution is 2.23. The number of aromatic nitrogens is 3. The van der Waals surface area contributed by atoms with Crippen LogP contribution in [0.25, 0.3) is 10.8 Å². The summed E-state index contributed by atoms with van der Waals surface area (Å²) in [5.41, 5.74) is 2.01. The van der Waals surface area contributed by atoms with Crippen LogP contribution in [-0.2, 0) is 6.42 Å². The summed E-state index contributed by atoms with van der Waals surface area (Å²) in [5.74, 6) is 2.28. The third-order valence-electron chi connectivity index (χ3n) is 4.41. The Bertz CT molecular complexity index is 1090. The molecule has 2 aromatic carbocycles. The van der Waals surface area contributed by atoms with Crippen molar-refractivity contribution in [3.8, 4) is 5.75 Å². The fraction of sp³-hybridized carbons (Fsp3) is 0.136. The number of aryl methyl sites for hydroxylation is 1. The fourth-order valence-corrected chi connectivity index (χ4v) is 3.04. The summed E-state index contributed by atoms with van der Waals surface area (Å²) in [4.78, 5) is 13.5. The van der Waals surface area contributed by atoms with Gasteiger partial charge in [-0.25, -0.2) is 9.97 Å². The smallest absolute Gasteiger partial charge is 0.230 e. The maximum absolute atomic E-state index is 9.36. The van der Waals surface area contributed by atoms with E-state index < -0.39 is 0 Å². The second kappa shape index (κ2) is 7.92. The first-order valence-corrected chi connectivity index (χ1v) is 9.16. The summed E-state index contributed by atoms with van der Waals surface area (Å²) in [7, 11) is 0. The third kappa shape index (κ3) is 4.17. The lowest BCUT2D eigenvalue weighted by molar-refractivity contribution is 0.475. The summed E-state index contributed by atoms with van der Waals surface area (Å²) in [6, 6.07) is 19.2. The standard InChI is InChI=1S/C22H21N5O/c1-15-14-20(23-12-10-16-6-8-18(28)9-7-16)26-22(25-15)27-21-19-5-3-2-4-17(19)11-13-24-21/h2-9,11,13-14,28H,10,12H2,1H3,(H2,23,24,25,26,27). The molecule has 0 aliphatic carbocycles. The Hall–Kier alpha value is -3.67. The van der Waals surface area contributed by atoms with E-state index in [0.717, 1.165) is 46.6 Å². The quantitative estimate of drug-likeness (QED) is 0.465. The summed E-state index contributed by atoms with van der Waals surface area (Å²) < 4.78 is 0. The molecular formula is C22H21N5O. The van der Waals surface area contributed by atoms with Crippen molar-refractivity contribution >= 4 is 28.4 Å². The number of hydrogen-bond acceptors (Lipinski definition) is 6. The molecule has 0 saturated heterocycles. The van der Waals surface area contributed by atoms with Crippen LogP contribution in [0.2, 0.25) is 0 Å². The van der Waals surface area contributed by atoms with Crippen molar-refractivity contribution in [2.75, 3.05) is 17.2 Å². The van der Waals surface area contributed by atoms with Gasteiger partial charge < -0.3 is 15.7 Å². The van der Waals surface area contributed by atoms with E-state index in [4.69, 9.17) is 0 Å². The predicted molar refractivity (Wildman–Crippen MR) is 112 cm³/mol. The van der Waals surface area contributed by atoms with Gasteiger partial charge in [0.2, 0.25) is 5.95 Å². The molecule has 2 aromatic heterocycles. The van der Waals surface area contributed by atoms with Crippen LogP contribution in [0.3, 0.4) is 0 Å². The zero-order valence-electron chi connectivity index (χ0n) is 15.6. The molecule has 0 aliphatic rings. The Kier molecular flexibility index (Phi) is 5.01. The largest absolute Gasteiger partial charge is 0.508 e. The normalized spacial score (nSPS) is 10.8. The number of nitrogens with one attached hydrogen (secondary N) is 2. The molecule has 0 aliphatic heterocycles. The van der Waals surface area contributed by atoms with Gasteiger partial charge >= 0.3 is 0 Å². The summed E-state index contributed by atoms with van der Waals surface area (Å²) >= 11 is 0. The SMILES string of the molecule is Cc1cc(NCCc2ccc(O)cc2)nc(Nc2nccc3ccccc23)n1. The van der Waals surface area contributed by atoms with Crippen LogP contribution in [0.4, 0.5) is 17.6 Å². The Morgan fingerprint density at radius 3 is 2.64 bits per heavy atom. The van der Waals surface area contributed by atoms with Crippen LogP contribution in [0.15, 0.2) is 66.9 Å². The van der Waals surface area contributed by atoms with Crippen molar-refractivity contribution in [3.05, 3.63) is 78.1 Å². The van der Waals surface area contributed by atoms with Gasteiger partial charge in [0.05, 0.1) is 0 Å². The number of pyridine rings is 1. The molecule has 6 heteroatoms. The number of rotatable bonds is 6. The molecule has 0 spiro atoms. The number of fused-ring (bicyclic) bond motifs is 1. The van der Waals surface area contributed by atoms with Crippen molar-refractivity contribution in [1.82, 2.24) is 15.0 Å². The second-order valence-corrected chi connectivity index (χ2v) is 6.57. The molecule has 2 heterocycles. The first-order chi connectivity index (χ1) is 13.7. The lowest BCUT2D eigenvalue weighted by Gasteiger charge is -2.11. The molecule has 6 nitrogen and oxygen atoms in total. The lowest BCUT2D eigenvalue weighted by atomic mass is 10.1. The van der Waals surface area contributed by atoms with Gasteiger partial charge in [-0.1, -0.05) is 36.4 Å². The van der Waals surface area contributed by atoms with Gasteiger partial charge in [0.25, 0.3) is 0 Å². The van der Waals surface area contributed by atoms with Gasteiger partial charge in [-0.3, -0.25) is 0 Å². The minimum absolute atomic E-state index is 0.279. The highest BCUT2D eigenvalue weighted by molar-refractivity contribution is 5.92. The lowest BCUT2D eigenvalue weighted by Crippen LogP contribution is -2.09. The van der Waals surface area contributed by atoms with Crippen LogP contribution in [0.1, 0.15) is 11.3 Å². The molecule has 28 heavy (non-hydrogen) atoms. The van der Waals surface area contributed by atoms with Crippen molar-refractivity contribution in [2.24, 2.45) is 0 Å². The van der Waals surface area contributed by atoms with Crippen LogP contribution >= 0.6 is 0 Å². The molecule has 0 saturated carbocycles. The Labute approximate surface area is 163 Å². The maximum atomic E-state index is 9.36. The van der Waals surface area contributed by atoms with E-state index in [-0.39, 0.29) is 5.75 Å². The topological polar surface area (TPSA) is 83.0 Å².